The number of carbonyl (C=O) groups excluding carboxylic acids is 1. The second kappa shape index (κ2) is 3.68. The van der Waals surface area contributed by atoms with Gasteiger partial charge in [-0.15, -0.1) is 0 Å². The predicted molar refractivity (Wildman–Crippen MR) is 52.0 cm³/mol. The van der Waals surface area contributed by atoms with Crippen LogP contribution in [0.3, 0.4) is 0 Å². The molecule has 0 unspecified atom stereocenters. The number of hydrogen-bond donors (Lipinski definition) is 1. The van der Waals surface area contributed by atoms with Crippen molar-refractivity contribution in [2.75, 3.05) is 6.61 Å². The molecule has 2 heterocycles. The molecule has 78 valence electrons. The fraction of sp³-hybridized carbons (Fsp3) is 0.200. The second-order valence-corrected chi connectivity index (χ2v) is 2.94. The lowest BCUT2D eigenvalue weighted by Gasteiger charge is -2.03. The van der Waals surface area contributed by atoms with Crippen LogP contribution in [0.1, 0.15) is 17.3 Å². The number of nitrogens with zero attached hydrogens (tertiary/aromatic N) is 1. The fourth-order valence-corrected chi connectivity index (χ4v) is 1.39. The lowest BCUT2D eigenvalue weighted by Crippen LogP contribution is -2.08. The van der Waals surface area contributed by atoms with Crippen molar-refractivity contribution < 1.29 is 13.9 Å². The number of aromatic nitrogens is 2. The van der Waals surface area contributed by atoms with E-state index in [1.165, 1.54) is 0 Å². The van der Waals surface area contributed by atoms with Gasteiger partial charge in [-0.3, -0.25) is 0 Å². The van der Waals surface area contributed by atoms with E-state index < -0.39 is 11.8 Å². The monoisotopic (exact) mass is 208 g/mol. The van der Waals surface area contributed by atoms with Gasteiger partial charge >= 0.3 is 5.97 Å². The molecule has 0 aliphatic heterocycles. The van der Waals surface area contributed by atoms with Crippen LogP contribution in [-0.2, 0) is 4.74 Å². The summed E-state index contributed by atoms with van der Waals surface area (Å²) in [5, 5.41) is 0.438. The molecule has 0 aliphatic carbocycles. The van der Waals surface area contributed by atoms with E-state index in [0.717, 1.165) is 6.20 Å². The van der Waals surface area contributed by atoms with Crippen molar-refractivity contribution in [1.29, 1.82) is 0 Å². The Labute approximate surface area is 85.1 Å². The van der Waals surface area contributed by atoms with Gasteiger partial charge in [0.2, 0.25) is 0 Å². The van der Waals surface area contributed by atoms with Crippen molar-refractivity contribution in [3.8, 4) is 0 Å². The molecule has 2 rings (SSSR count). The molecule has 1 N–H and O–H groups in total. The van der Waals surface area contributed by atoms with Gasteiger partial charge in [-0.25, -0.2) is 14.2 Å². The average molecular weight is 208 g/mol. The summed E-state index contributed by atoms with van der Waals surface area (Å²) in [5.74, 6) is -1.33. The van der Waals surface area contributed by atoms with E-state index in [4.69, 9.17) is 4.74 Å². The zero-order valence-corrected chi connectivity index (χ0v) is 8.08. The lowest BCUT2D eigenvalue weighted by molar-refractivity contribution is 0.0523. The maximum Gasteiger partial charge on any atom is 0.341 e. The molecule has 0 bridgehead atoms. The molecule has 0 atom stereocenters. The Morgan fingerprint density at radius 1 is 1.67 bits per heavy atom. The molecular formula is C10H9FN2O2. The van der Waals surface area contributed by atoms with E-state index in [9.17, 15) is 9.18 Å². The van der Waals surface area contributed by atoms with Crippen LogP contribution in [-0.4, -0.2) is 22.5 Å². The highest BCUT2D eigenvalue weighted by molar-refractivity contribution is 6.02. The second-order valence-electron chi connectivity index (χ2n) is 2.94. The summed E-state index contributed by atoms with van der Waals surface area (Å²) in [4.78, 5) is 18.1. The topological polar surface area (TPSA) is 55.0 Å². The minimum atomic E-state index is -0.666. The first-order valence-electron chi connectivity index (χ1n) is 4.52. The van der Waals surface area contributed by atoms with E-state index in [1.807, 2.05) is 0 Å². The van der Waals surface area contributed by atoms with Crippen molar-refractivity contribution >= 4 is 17.0 Å². The van der Waals surface area contributed by atoms with Crippen LogP contribution >= 0.6 is 0 Å². The summed E-state index contributed by atoms with van der Waals surface area (Å²) in [5.41, 5.74) is 0.405. The first-order chi connectivity index (χ1) is 7.24. The van der Waals surface area contributed by atoms with Crippen LogP contribution in [0.4, 0.5) is 4.39 Å². The number of hydrogen-bond acceptors (Lipinski definition) is 3. The summed E-state index contributed by atoms with van der Waals surface area (Å²) >= 11 is 0. The summed E-state index contributed by atoms with van der Waals surface area (Å²) in [6.07, 6.45) is 2.60. The predicted octanol–water partition coefficient (Wildman–Crippen LogP) is 1.88. The fourth-order valence-electron chi connectivity index (χ4n) is 1.39. The summed E-state index contributed by atoms with van der Waals surface area (Å²) in [6.45, 7) is 1.89. The average Bonchev–Trinajstić information content (AvgIpc) is 2.65. The minimum Gasteiger partial charge on any atom is -0.462 e. The maximum atomic E-state index is 13.4. The van der Waals surface area contributed by atoms with Gasteiger partial charge in [-0.2, -0.15) is 0 Å². The van der Waals surface area contributed by atoms with Gasteiger partial charge in [-0.1, -0.05) is 0 Å². The Morgan fingerprint density at radius 2 is 2.47 bits per heavy atom. The molecule has 2 aromatic heterocycles. The number of fused-ring (bicyclic) bond motifs is 1. The third-order valence-electron chi connectivity index (χ3n) is 2.02. The van der Waals surface area contributed by atoms with E-state index in [2.05, 4.69) is 9.97 Å². The molecular weight excluding hydrogens is 199 g/mol. The molecule has 4 nitrogen and oxygen atoms in total. The highest BCUT2D eigenvalue weighted by Gasteiger charge is 2.17. The Morgan fingerprint density at radius 3 is 3.20 bits per heavy atom. The van der Waals surface area contributed by atoms with Gasteiger partial charge in [-0.05, 0) is 13.0 Å². The number of esters is 1. The van der Waals surface area contributed by atoms with Crippen LogP contribution in [0, 0.1) is 5.82 Å². The first-order valence-corrected chi connectivity index (χ1v) is 4.52. The zero-order valence-electron chi connectivity index (χ0n) is 8.08. The van der Waals surface area contributed by atoms with Gasteiger partial charge in [0.1, 0.15) is 11.2 Å². The van der Waals surface area contributed by atoms with Gasteiger partial charge in [0.05, 0.1) is 12.8 Å². The van der Waals surface area contributed by atoms with Crippen molar-refractivity contribution in [1.82, 2.24) is 9.97 Å². The largest absolute Gasteiger partial charge is 0.462 e. The van der Waals surface area contributed by atoms with Crippen LogP contribution in [0.15, 0.2) is 18.5 Å². The molecule has 0 saturated carbocycles. The van der Waals surface area contributed by atoms with Gasteiger partial charge in [0, 0.05) is 11.6 Å². The summed E-state index contributed by atoms with van der Waals surface area (Å²) < 4.78 is 18.2. The van der Waals surface area contributed by atoms with Crippen LogP contribution in [0.5, 0.6) is 0 Å². The third-order valence-corrected chi connectivity index (χ3v) is 2.02. The number of H-pyrrole nitrogens is 1. The number of halogens is 1. The molecule has 0 radical (unpaired) electrons. The third kappa shape index (κ3) is 1.56. The Hall–Kier alpha value is -1.91. The van der Waals surface area contributed by atoms with Gasteiger partial charge in [0.15, 0.2) is 5.82 Å². The number of pyridine rings is 1. The smallest absolute Gasteiger partial charge is 0.341 e. The number of nitrogens with one attached hydrogen (secondary N) is 1. The van der Waals surface area contributed by atoms with Crippen molar-refractivity contribution in [3.63, 3.8) is 0 Å². The molecule has 15 heavy (non-hydrogen) atoms. The highest BCUT2D eigenvalue weighted by atomic mass is 19.1. The number of rotatable bonds is 2. The standard InChI is InChI=1S/C10H9FN2O2/c1-2-15-10(14)8-6-3-4-12-9(6)13-5-7(8)11/h3-5H,2H2,1H3,(H,12,13). The number of ether oxygens (including phenoxy) is 1. The van der Waals surface area contributed by atoms with E-state index >= 15 is 0 Å². The minimum absolute atomic E-state index is 0.0666. The normalized spacial score (nSPS) is 10.5. The van der Waals surface area contributed by atoms with Gasteiger partial charge in [0.25, 0.3) is 0 Å². The van der Waals surface area contributed by atoms with Crippen LogP contribution < -0.4 is 0 Å². The van der Waals surface area contributed by atoms with Crippen molar-refractivity contribution in [2.45, 2.75) is 6.92 Å². The van der Waals surface area contributed by atoms with E-state index in [-0.39, 0.29) is 12.2 Å². The summed E-state index contributed by atoms with van der Waals surface area (Å²) in [7, 11) is 0. The molecule has 2 aromatic rings. The Balaban J connectivity index is 2.61. The van der Waals surface area contributed by atoms with Crippen molar-refractivity contribution in [2.24, 2.45) is 0 Å². The molecule has 0 aliphatic rings. The molecule has 0 fully saturated rings. The molecule has 0 aromatic carbocycles. The number of carbonyl (C=O) groups is 1. The van der Waals surface area contributed by atoms with E-state index in [0.29, 0.717) is 11.0 Å². The van der Waals surface area contributed by atoms with E-state index in [1.54, 1.807) is 19.2 Å². The van der Waals surface area contributed by atoms with Crippen LogP contribution in [0.25, 0.3) is 11.0 Å². The number of aromatic amines is 1. The quantitative estimate of drug-likeness (QED) is 0.766. The van der Waals surface area contributed by atoms with Crippen LogP contribution in [0.2, 0.25) is 0 Å². The molecule has 0 saturated heterocycles. The summed E-state index contributed by atoms with van der Waals surface area (Å²) in [6, 6.07) is 1.59. The molecule has 5 heteroatoms. The van der Waals surface area contributed by atoms with Crippen molar-refractivity contribution in [3.05, 3.63) is 29.8 Å². The zero-order chi connectivity index (χ0) is 10.8. The Kier molecular flexibility index (Phi) is 2.37. The van der Waals surface area contributed by atoms with Gasteiger partial charge < -0.3 is 9.72 Å². The SMILES string of the molecule is CCOC(=O)c1c(F)cnc2[nH]ccc12. The Bertz CT molecular complexity index is 507. The molecule has 0 amide bonds. The molecule has 0 spiro atoms. The highest BCUT2D eigenvalue weighted by Crippen LogP contribution is 2.19. The first kappa shape index (κ1) is 9.64. The maximum absolute atomic E-state index is 13.4. The lowest BCUT2D eigenvalue weighted by atomic mass is 10.2.